The van der Waals surface area contributed by atoms with Gasteiger partial charge in [-0.1, -0.05) is 5.16 Å². The van der Waals surface area contributed by atoms with Crippen molar-refractivity contribution in [1.82, 2.24) is 10.1 Å². The van der Waals surface area contributed by atoms with Crippen molar-refractivity contribution in [2.45, 2.75) is 25.2 Å². The Morgan fingerprint density at radius 1 is 1.25 bits per heavy atom. The van der Waals surface area contributed by atoms with Crippen molar-refractivity contribution in [3.8, 4) is 17.2 Å². The first-order valence-electron chi connectivity index (χ1n) is 9.44. The van der Waals surface area contributed by atoms with Crippen LogP contribution in [0.1, 0.15) is 30.9 Å². The van der Waals surface area contributed by atoms with Gasteiger partial charge in [-0.15, -0.1) is 0 Å². The van der Waals surface area contributed by atoms with Gasteiger partial charge in [0.15, 0.2) is 11.5 Å². The molecule has 0 unspecified atom stereocenters. The number of fused-ring (bicyclic) bond motifs is 1. The zero-order valence-electron chi connectivity index (χ0n) is 15.4. The first kappa shape index (κ1) is 18.6. The van der Waals surface area contributed by atoms with Gasteiger partial charge in [0, 0.05) is 36.0 Å². The highest BCUT2D eigenvalue weighted by Gasteiger charge is 2.25. The molecule has 1 radical (unpaired) electrons. The molecule has 1 fully saturated rings. The minimum atomic E-state index is -0.304. The fourth-order valence-corrected chi connectivity index (χ4v) is 3.69. The summed E-state index contributed by atoms with van der Waals surface area (Å²) < 4.78 is 24.4. The molecule has 0 saturated carbocycles. The lowest BCUT2D eigenvalue weighted by Crippen LogP contribution is -2.34. The quantitative estimate of drug-likeness (QED) is 0.496. The summed E-state index contributed by atoms with van der Waals surface area (Å²) in [5, 5.41) is 24.0. The summed E-state index contributed by atoms with van der Waals surface area (Å²) >= 11 is 0. The molecule has 0 amide bonds. The highest BCUT2D eigenvalue weighted by molar-refractivity contribution is 5.80. The molecule has 0 bridgehead atoms. The number of piperidine rings is 1. The van der Waals surface area contributed by atoms with E-state index in [1.165, 1.54) is 24.3 Å². The van der Waals surface area contributed by atoms with Crippen LogP contribution < -0.4 is 4.74 Å². The van der Waals surface area contributed by atoms with Crippen LogP contribution in [-0.4, -0.2) is 46.5 Å². The standard InChI is InChI=1S/C21H22FN2O4/c22-15-2-4-17-18(12-15)23-28-21(17)14-6-9-24(10-7-14)8-1-11-27-20-13-16(25)3-5-19(20)26/h2,4-5,12-14,25-26H,1,6-11H2. The molecule has 0 aliphatic carbocycles. The Balaban J connectivity index is 1.24. The van der Waals surface area contributed by atoms with Crippen molar-refractivity contribution in [1.29, 1.82) is 0 Å². The molecule has 147 valence electrons. The van der Waals surface area contributed by atoms with E-state index in [0.29, 0.717) is 18.0 Å². The highest BCUT2D eigenvalue weighted by atomic mass is 19.1. The van der Waals surface area contributed by atoms with E-state index in [1.807, 2.05) is 0 Å². The maximum Gasteiger partial charge on any atom is 0.164 e. The molecule has 3 aromatic rings. The minimum Gasteiger partial charge on any atom is -0.507 e. The van der Waals surface area contributed by atoms with Crippen LogP contribution in [0.3, 0.4) is 0 Å². The summed E-state index contributed by atoms with van der Waals surface area (Å²) in [7, 11) is 0. The molecule has 4 rings (SSSR count). The molecule has 7 heteroatoms. The number of aromatic hydroxyl groups is 2. The average molecular weight is 385 g/mol. The van der Waals surface area contributed by atoms with Crippen molar-refractivity contribution in [3.05, 3.63) is 48.0 Å². The van der Waals surface area contributed by atoms with E-state index >= 15 is 0 Å². The summed E-state index contributed by atoms with van der Waals surface area (Å²) in [5.41, 5.74) is 0.572. The number of phenolic OH excluding ortho intramolecular Hbond substituents is 2. The lowest BCUT2D eigenvalue weighted by Gasteiger charge is -2.30. The van der Waals surface area contributed by atoms with Crippen molar-refractivity contribution in [2.75, 3.05) is 26.2 Å². The second-order valence-electron chi connectivity index (χ2n) is 7.09. The number of likely N-dealkylation sites (tertiary alicyclic amines) is 1. The van der Waals surface area contributed by atoms with E-state index in [9.17, 15) is 14.6 Å². The third-order valence-electron chi connectivity index (χ3n) is 5.18. The monoisotopic (exact) mass is 385 g/mol. The Labute approximate surface area is 162 Å². The molecule has 28 heavy (non-hydrogen) atoms. The largest absolute Gasteiger partial charge is 0.507 e. The van der Waals surface area contributed by atoms with Gasteiger partial charge in [0.2, 0.25) is 0 Å². The lowest BCUT2D eigenvalue weighted by molar-refractivity contribution is 0.181. The summed E-state index contributed by atoms with van der Waals surface area (Å²) in [6.45, 7) is 3.23. The maximum atomic E-state index is 13.3. The molecule has 2 aromatic carbocycles. The van der Waals surface area contributed by atoms with Gasteiger partial charge in [-0.3, -0.25) is 0 Å². The zero-order valence-corrected chi connectivity index (χ0v) is 15.4. The van der Waals surface area contributed by atoms with Gasteiger partial charge >= 0.3 is 0 Å². The number of hydrogen-bond acceptors (Lipinski definition) is 6. The van der Waals surface area contributed by atoms with E-state index in [1.54, 1.807) is 6.07 Å². The fourth-order valence-electron chi connectivity index (χ4n) is 3.69. The Kier molecular flexibility index (Phi) is 5.34. The number of benzene rings is 2. The molecule has 0 atom stereocenters. The van der Waals surface area contributed by atoms with Crippen LogP contribution in [0.4, 0.5) is 4.39 Å². The molecule has 6 nitrogen and oxygen atoms in total. The Bertz CT molecular complexity index is 951. The summed E-state index contributed by atoms with van der Waals surface area (Å²) in [4.78, 5) is 2.37. The number of nitrogens with zero attached hydrogens (tertiary/aromatic N) is 2. The second-order valence-corrected chi connectivity index (χ2v) is 7.09. The van der Waals surface area contributed by atoms with Crippen LogP contribution in [0, 0.1) is 11.9 Å². The van der Waals surface area contributed by atoms with Crippen LogP contribution in [0.25, 0.3) is 10.9 Å². The normalized spacial score (nSPS) is 15.9. The molecule has 1 aliphatic heterocycles. The number of aromatic nitrogens is 1. The molecule has 1 saturated heterocycles. The molecule has 2 heterocycles. The van der Waals surface area contributed by atoms with Gasteiger partial charge in [0.1, 0.15) is 22.8 Å². The van der Waals surface area contributed by atoms with E-state index < -0.39 is 0 Å². The van der Waals surface area contributed by atoms with Gasteiger partial charge in [-0.2, -0.15) is 0 Å². The Morgan fingerprint density at radius 3 is 2.89 bits per heavy atom. The van der Waals surface area contributed by atoms with Gasteiger partial charge in [0.25, 0.3) is 0 Å². The molecule has 1 aliphatic rings. The van der Waals surface area contributed by atoms with Crippen molar-refractivity contribution >= 4 is 10.9 Å². The maximum absolute atomic E-state index is 13.3. The molecule has 0 spiro atoms. The molecular weight excluding hydrogens is 363 g/mol. The van der Waals surface area contributed by atoms with Crippen molar-refractivity contribution in [3.63, 3.8) is 0 Å². The number of ether oxygens (including phenoxy) is 1. The fraction of sp³-hybridized carbons (Fsp3) is 0.381. The first-order valence-corrected chi connectivity index (χ1v) is 9.44. The van der Waals surface area contributed by atoms with Crippen LogP contribution in [0.2, 0.25) is 0 Å². The predicted octanol–water partition coefficient (Wildman–Crippen LogP) is 3.83. The van der Waals surface area contributed by atoms with Crippen molar-refractivity contribution < 1.29 is 23.9 Å². The van der Waals surface area contributed by atoms with E-state index in [2.05, 4.69) is 16.1 Å². The Hall–Kier alpha value is -2.80. The second kappa shape index (κ2) is 8.06. The summed E-state index contributed by atoms with van der Waals surface area (Å²) in [6.07, 6.45) is 2.74. The number of hydrogen-bond donors (Lipinski definition) is 2. The van der Waals surface area contributed by atoms with E-state index in [-0.39, 0.29) is 23.1 Å². The molecule has 2 N–H and O–H groups in total. The predicted molar refractivity (Wildman–Crippen MR) is 101 cm³/mol. The first-order chi connectivity index (χ1) is 13.6. The van der Waals surface area contributed by atoms with Crippen LogP contribution in [0.5, 0.6) is 17.2 Å². The van der Waals surface area contributed by atoms with Crippen LogP contribution in [-0.2, 0) is 0 Å². The summed E-state index contributed by atoms with van der Waals surface area (Å²) in [5.74, 6) is 1.03. The third kappa shape index (κ3) is 4.04. The molecular formula is C21H22FN2O4. The lowest BCUT2D eigenvalue weighted by atomic mass is 9.92. The smallest absolute Gasteiger partial charge is 0.164 e. The van der Waals surface area contributed by atoms with E-state index in [0.717, 1.165) is 50.0 Å². The van der Waals surface area contributed by atoms with Crippen molar-refractivity contribution in [2.24, 2.45) is 0 Å². The number of rotatable bonds is 6. The van der Waals surface area contributed by atoms with Gasteiger partial charge in [-0.25, -0.2) is 4.39 Å². The molecule has 1 aromatic heterocycles. The number of phenols is 2. The highest BCUT2D eigenvalue weighted by Crippen LogP contribution is 2.33. The summed E-state index contributed by atoms with van der Waals surface area (Å²) in [6, 6.07) is 9.73. The Morgan fingerprint density at radius 2 is 2.07 bits per heavy atom. The number of halogens is 1. The van der Waals surface area contributed by atoms with Crippen LogP contribution in [0.15, 0.2) is 34.9 Å². The third-order valence-corrected chi connectivity index (χ3v) is 5.18. The van der Waals surface area contributed by atoms with E-state index in [4.69, 9.17) is 9.26 Å². The SMILES string of the molecule is Oc1[c]cc(O)c(OCCCN2CCC(c3onc4cc(F)ccc34)CC2)c1. The van der Waals surface area contributed by atoms with Gasteiger partial charge < -0.3 is 24.4 Å². The minimum absolute atomic E-state index is 0.0298. The zero-order chi connectivity index (χ0) is 19.5. The average Bonchev–Trinajstić information content (AvgIpc) is 3.11. The van der Waals surface area contributed by atoms with Gasteiger partial charge in [0.05, 0.1) is 6.61 Å². The van der Waals surface area contributed by atoms with Gasteiger partial charge in [-0.05, 0) is 50.6 Å². The topological polar surface area (TPSA) is 79.0 Å². The van der Waals surface area contributed by atoms with Crippen LogP contribution >= 0.6 is 0 Å².